The smallest absolute Gasteiger partial charge is 0.338 e. The summed E-state index contributed by atoms with van der Waals surface area (Å²) in [7, 11) is 0. The molecule has 0 saturated carbocycles. The maximum absolute atomic E-state index is 11.4. The fraction of sp³-hybridized carbons (Fsp3) is 0.200. The quantitative estimate of drug-likeness (QED) is 0.602. The summed E-state index contributed by atoms with van der Waals surface area (Å²) in [5.74, 6) is -0.357. The lowest BCUT2D eigenvalue weighted by Gasteiger charge is -2.06. The van der Waals surface area contributed by atoms with Crippen molar-refractivity contribution < 1.29 is 9.53 Å². The van der Waals surface area contributed by atoms with Gasteiger partial charge in [0.25, 0.3) is 0 Å². The molecule has 1 aromatic rings. The minimum absolute atomic E-state index is 0.163. The number of thiocarbonyl (C=S) groups is 1. The van der Waals surface area contributed by atoms with Crippen LogP contribution in [-0.2, 0) is 4.74 Å². The number of esters is 1. The van der Waals surface area contributed by atoms with Gasteiger partial charge in [-0.2, -0.15) is 0 Å². The lowest BCUT2D eigenvalue weighted by molar-refractivity contribution is 0.0526. The van der Waals surface area contributed by atoms with E-state index in [0.717, 1.165) is 0 Å². The van der Waals surface area contributed by atoms with E-state index in [1.165, 1.54) is 0 Å². The average molecular weight is 224 g/mol. The zero-order chi connectivity index (χ0) is 11.3. The number of benzene rings is 1. The molecule has 1 aromatic carbocycles. The SMILES string of the molecule is CCOC(=O)c1cccc(NC(N)=S)c1. The van der Waals surface area contributed by atoms with E-state index in [1.54, 1.807) is 31.2 Å². The number of hydrogen-bond donors (Lipinski definition) is 2. The van der Waals surface area contributed by atoms with Crippen LogP contribution >= 0.6 is 12.2 Å². The Morgan fingerprint density at radius 1 is 1.60 bits per heavy atom. The van der Waals surface area contributed by atoms with Crippen LogP contribution in [-0.4, -0.2) is 17.7 Å². The number of nitrogens with one attached hydrogen (secondary N) is 1. The van der Waals surface area contributed by atoms with Gasteiger partial charge in [-0.3, -0.25) is 0 Å². The van der Waals surface area contributed by atoms with E-state index in [4.69, 9.17) is 10.5 Å². The van der Waals surface area contributed by atoms with Crippen molar-refractivity contribution in [3.63, 3.8) is 0 Å². The summed E-state index contributed by atoms with van der Waals surface area (Å²) < 4.78 is 4.86. The summed E-state index contributed by atoms with van der Waals surface area (Å²) in [4.78, 5) is 11.4. The largest absolute Gasteiger partial charge is 0.462 e. The molecule has 0 bridgehead atoms. The molecule has 0 saturated heterocycles. The highest BCUT2D eigenvalue weighted by Gasteiger charge is 2.06. The van der Waals surface area contributed by atoms with Crippen LogP contribution in [0.1, 0.15) is 17.3 Å². The predicted molar refractivity (Wildman–Crippen MR) is 62.8 cm³/mol. The molecule has 0 amide bonds. The number of nitrogens with two attached hydrogens (primary N) is 1. The molecule has 4 nitrogen and oxygen atoms in total. The second-order valence-corrected chi connectivity index (χ2v) is 3.23. The van der Waals surface area contributed by atoms with E-state index in [0.29, 0.717) is 17.9 Å². The van der Waals surface area contributed by atoms with Crippen molar-refractivity contribution >= 4 is 29.0 Å². The van der Waals surface area contributed by atoms with Gasteiger partial charge in [0.05, 0.1) is 12.2 Å². The van der Waals surface area contributed by atoms with Crippen molar-refractivity contribution in [2.45, 2.75) is 6.92 Å². The van der Waals surface area contributed by atoms with Gasteiger partial charge in [0, 0.05) is 5.69 Å². The molecule has 1 rings (SSSR count). The first-order valence-corrected chi connectivity index (χ1v) is 4.88. The molecule has 0 spiro atoms. The van der Waals surface area contributed by atoms with E-state index in [1.807, 2.05) is 0 Å². The Bertz CT molecular complexity index is 379. The molecular formula is C10H12N2O2S. The molecular weight excluding hydrogens is 212 g/mol. The van der Waals surface area contributed by atoms with Crippen LogP contribution < -0.4 is 11.1 Å². The van der Waals surface area contributed by atoms with Gasteiger partial charge in [-0.05, 0) is 37.3 Å². The topological polar surface area (TPSA) is 64.3 Å². The number of carbonyl (C=O) groups excluding carboxylic acids is 1. The molecule has 0 radical (unpaired) electrons. The summed E-state index contributed by atoms with van der Waals surface area (Å²) in [6.07, 6.45) is 0. The number of ether oxygens (including phenoxy) is 1. The third-order valence-corrected chi connectivity index (χ3v) is 1.74. The minimum Gasteiger partial charge on any atom is -0.462 e. The number of hydrogen-bond acceptors (Lipinski definition) is 3. The maximum atomic E-state index is 11.4. The molecule has 0 aliphatic carbocycles. The van der Waals surface area contributed by atoms with Gasteiger partial charge in [0.15, 0.2) is 5.11 Å². The van der Waals surface area contributed by atoms with Gasteiger partial charge in [-0.1, -0.05) is 6.07 Å². The third kappa shape index (κ3) is 3.55. The van der Waals surface area contributed by atoms with Crippen molar-refractivity contribution in [1.29, 1.82) is 0 Å². The van der Waals surface area contributed by atoms with Crippen molar-refractivity contribution in [2.24, 2.45) is 5.73 Å². The minimum atomic E-state index is -0.357. The summed E-state index contributed by atoms with van der Waals surface area (Å²) >= 11 is 4.69. The Kier molecular flexibility index (Phi) is 4.05. The highest BCUT2D eigenvalue weighted by atomic mass is 32.1. The standard InChI is InChI=1S/C10H12N2O2S/c1-2-14-9(13)7-4-3-5-8(6-7)12-10(11)15/h3-6H,2H2,1H3,(H3,11,12,15). The van der Waals surface area contributed by atoms with E-state index < -0.39 is 0 Å². The van der Waals surface area contributed by atoms with Gasteiger partial charge < -0.3 is 15.8 Å². The maximum Gasteiger partial charge on any atom is 0.338 e. The summed E-state index contributed by atoms with van der Waals surface area (Å²) in [6, 6.07) is 6.80. The number of rotatable bonds is 3. The van der Waals surface area contributed by atoms with E-state index in [2.05, 4.69) is 17.5 Å². The van der Waals surface area contributed by atoms with E-state index in [9.17, 15) is 4.79 Å². The molecule has 0 atom stereocenters. The van der Waals surface area contributed by atoms with Crippen LogP contribution in [0.5, 0.6) is 0 Å². The van der Waals surface area contributed by atoms with Gasteiger partial charge in [-0.15, -0.1) is 0 Å². The summed E-state index contributed by atoms with van der Waals surface area (Å²) in [5.41, 5.74) is 6.46. The second kappa shape index (κ2) is 5.31. The predicted octanol–water partition coefficient (Wildman–Crippen LogP) is 1.52. The lowest BCUT2D eigenvalue weighted by atomic mass is 10.2. The molecule has 5 heteroatoms. The molecule has 3 N–H and O–H groups in total. The van der Waals surface area contributed by atoms with Crippen LogP contribution in [0.2, 0.25) is 0 Å². The third-order valence-electron chi connectivity index (χ3n) is 1.64. The normalized spacial score (nSPS) is 9.40. The van der Waals surface area contributed by atoms with Crippen LogP contribution in [0.4, 0.5) is 5.69 Å². The Balaban J connectivity index is 2.82. The molecule has 0 aliphatic heterocycles. The Morgan fingerprint density at radius 2 is 2.33 bits per heavy atom. The van der Waals surface area contributed by atoms with E-state index in [-0.39, 0.29) is 11.1 Å². The Hall–Kier alpha value is -1.62. The zero-order valence-corrected chi connectivity index (χ0v) is 9.14. The van der Waals surface area contributed by atoms with Crippen molar-refractivity contribution in [2.75, 3.05) is 11.9 Å². The van der Waals surface area contributed by atoms with Crippen LogP contribution in [0, 0.1) is 0 Å². The average Bonchev–Trinajstić information content (AvgIpc) is 2.17. The summed E-state index contributed by atoms with van der Waals surface area (Å²) in [6.45, 7) is 2.11. The molecule has 0 aliphatic rings. The first-order chi connectivity index (χ1) is 7.13. The molecule has 80 valence electrons. The van der Waals surface area contributed by atoms with Crippen molar-refractivity contribution in [1.82, 2.24) is 0 Å². The lowest BCUT2D eigenvalue weighted by Crippen LogP contribution is -2.19. The van der Waals surface area contributed by atoms with Gasteiger partial charge >= 0.3 is 5.97 Å². The van der Waals surface area contributed by atoms with Gasteiger partial charge in [0.1, 0.15) is 0 Å². The van der Waals surface area contributed by atoms with Crippen LogP contribution in [0.25, 0.3) is 0 Å². The highest BCUT2D eigenvalue weighted by Crippen LogP contribution is 2.11. The second-order valence-electron chi connectivity index (χ2n) is 2.79. The van der Waals surface area contributed by atoms with Crippen LogP contribution in [0.3, 0.4) is 0 Å². The molecule has 0 fully saturated rings. The monoisotopic (exact) mass is 224 g/mol. The highest BCUT2D eigenvalue weighted by molar-refractivity contribution is 7.80. The molecule has 0 heterocycles. The molecule has 15 heavy (non-hydrogen) atoms. The van der Waals surface area contributed by atoms with Gasteiger partial charge in [-0.25, -0.2) is 4.79 Å². The Labute approximate surface area is 93.4 Å². The van der Waals surface area contributed by atoms with Crippen LogP contribution in [0.15, 0.2) is 24.3 Å². The van der Waals surface area contributed by atoms with Crippen molar-refractivity contribution in [3.8, 4) is 0 Å². The molecule has 0 unspecified atom stereocenters. The van der Waals surface area contributed by atoms with Crippen molar-refractivity contribution in [3.05, 3.63) is 29.8 Å². The number of anilines is 1. The summed E-state index contributed by atoms with van der Waals surface area (Å²) in [5, 5.41) is 2.91. The fourth-order valence-corrected chi connectivity index (χ4v) is 1.20. The number of carbonyl (C=O) groups is 1. The zero-order valence-electron chi connectivity index (χ0n) is 8.32. The first-order valence-electron chi connectivity index (χ1n) is 4.47. The Morgan fingerprint density at radius 3 is 2.93 bits per heavy atom. The fourth-order valence-electron chi connectivity index (χ4n) is 1.08. The molecule has 0 aromatic heterocycles. The van der Waals surface area contributed by atoms with E-state index >= 15 is 0 Å². The first kappa shape index (κ1) is 11.5. The van der Waals surface area contributed by atoms with Gasteiger partial charge in [0.2, 0.25) is 0 Å².